The molecule has 3 nitrogen and oxygen atoms in total. The van der Waals surface area contributed by atoms with Crippen LogP contribution in [0.2, 0.25) is 0 Å². The van der Waals surface area contributed by atoms with Crippen LogP contribution in [-0.4, -0.2) is 19.5 Å². The van der Waals surface area contributed by atoms with E-state index in [2.05, 4.69) is 34.9 Å². The minimum atomic E-state index is 0. The van der Waals surface area contributed by atoms with Gasteiger partial charge in [-0.2, -0.15) is 0 Å². The van der Waals surface area contributed by atoms with Crippen molar-refractivity contribution in [3.63, 3.8) is 0 Å². The molecule has 0 spiro atoms. The van der Waals surface area contributed by atoms with Gasteiger partial charge in [-0.3, -0.25) is 4.79 Å². The quantitative estimate of drug-likeness (QED) is 0.800. The number of nitrogens with one attached hydrogen (secondary N) is 2. The van der Waals surface area contributed by atoms with Crippen molar-refractivity contribution in [2.75, 3.05) is 13.6 Å². The molecule has 1 amide bonds. The summed E-state index contributed by atoms with van der Waals surface area (Å²) in [6.07, 6.45) is 8.33. The molecular formula is C18H29ClN2O. The zero-order valence-corrected chi connectivity index (χ0v) is 14.3. The van der Waals surface area contributed by atoms with Gasteiger partial charge in [0.15, 0.2) is 0 Å². The molecule has 1 aromatic carbocycles. The van der Waals surface area contributed by atoms with Crippen LogP contribution < -0.4 is 10.6 Å². The molecule has 0 saturated heterocycles. The Balaban J connectivity index is 0.00000242. The summed E-state index contributed by atoms with van der Waals surface area (Å²) in [7, 11) is 1.88. The molecule has 2 rings (SSSR count). The number of carbonyl (C=O) groups is 1. The highest BCUT2D eigenvalue weighted by Crippen LogP contribution is 2.31. The molecule has 1 unspecified atom stereocenters. The van der Waals surface area contributed by atoms with Crippen molar-refractivity contribution in [3.05, 3.63) is 35.9 Å². The third-order valence-electron chi connectivity index (χ3n) is 4.43. The van der Waals surface area contributed by atoms with Gasteiger partial charge in [0, 0.05) is 13.0 Å². The van der Waals surface area contributed by atoms with E-state index >= 15 is 0 Å². The highest BCUT2D eigenvalue weighted by Gasteiger charge is 2.21. The van der Waals surface area contributed by atoms with E-state index in [9.17, 15) is 4.79 Å². The third-order valence-corrected chi connectivity index (χ3v) is 4.43. The van der Waals surface area contributed by atoms with Gasteiger partial charge in [-0.25, -0.2) is 0 Å². The summed E-state index contributed by atoms with van der Waals surface area (Å²) >= 11 is 0. The van der Waals surface area contributed by atoms with Crippen LogP contribution in [0.25, 0.3) is 0 Å². The number of amides is 1. The van der Waals surface area contributed by atoms with Crippen molar-refractivity contribution in [2.24, 2.45) is 5.92 Å². The first-order valence-corrected chi connectivity index (χ1v) is 8.28. The molecule has 0 heterocycles. The molecule has 0 radical (unpaired) electrons. The van der Waals surface area contributed by atoms with Gasteiger partial charge >= 0.3 is 0 Å². The van der Waals surface area contributed by atoms with Crippen molar-refractivity contribution in [3.8, 4) is 0 Å². The number of hydrogen-bond donors (Lipinski definition) is 2. The highest BCUT2D eigenvalue weighted by molar-refractivity contribution is 5.85. The molecule has 22 heavy (non-hydrogen) atoms. The maximum atomic E-state index is 12.1. The fraction of sp³-hybridized carbons (Fsp3) is 0.611. The fourth-order valence-electron chi connectivity index (χ4n) is 3.22. The van der Waals surface area contributed by atoms with Gasteiger partial charge in [-0.1, -0.05) is 62.4 Å². The standard InChI is InChI=1S/C18H28N2O.ClH/c1-19-13-12-18(21)20-17(16-10-6-3-7-11-16)14-15-8-4-2-5-9-15;/h3,6-7,10-11,15,17,19H,2,4-5,8-9,12-14H2,1H3,(H,20,21);1H. The third kappa shape index (κ3) is 6.37. The Morgan fingerprint density at radius 1 is 1.18 bits per heavy atom. The van der Waals surface area contributed by atoms with Crippen LogP contribution >= 0.6 is 12.4 Å². The van der Waals surface area contributed by atoms with Crippen molar-refractivity contribution >= 4 is 18.3 Å². The molecule has 2 N–H and O–H groups in total. The van der Waals surface area contributed by atoms with Crippen LogP contribution in [0.3, 0.4) is 0 Å². The molecule has 1 aliphatic carbocycles. The van der Waals surface area contributed by atoms with Gasteiger partial charge in [0.25, 0.3) is 0 Å². The molecule has 4 heteroatoms. The molecule has 0 aliphatic heterocycles. The van der Waals surface area contributed by atoms with Crippen LogP contribution in [0.1, 0.15) is 56.6 Å². The van der Waals surface area contributed by atoms with Crippen LogP contribution in [0, 0.1) is 5.92 Å². The van der Waals surface area contributed by atoms with Crippen molar-refractivity contribution in [2.45, 2.75) is 51.0 Å². The van der Waals surface area contributed by atoms with E-state index in [0.717, 1.165) is 18.9 Å². The molecule has 1 atom stereocenters. The van der Waals surface area contributed by atoms with Crippen LogP contribution in [0.4, 0.5) is 0 Å². The van der Waals surface area contributed by atoms with E-state index in [0.29, 0.717) is 6.42 Å². The van der Waals surface area contributed by atoms with Crippen molar-refractivity contribution < 1.29 is 4.79 Å². The fourth-order valence-corrected chi connectivity index (χ4v) is 3.22. The Morgan fingerprint density at radius 3 is 2.50 bits per heavy atom. The van der Waals surface area contributed by atoms with E-state index in [-0.39, 0.29) is 24.4 Å². The molecule has 0 aromatic heterocycles. The van der Waals surface area contributed by atoms with Gasteiger partial charge in [-0.15, -0.1) is 12.4 Å². The maximum absolute atomic E-state index is 12.1. The summed E-state index contributed by atoms with van der Waals surface area (Å²) in [6, 6.07) is 10.6. The lowest BCUT2D eigenvalue weighted by atomic mass is 9.83. The number of benzene rings is 1. The lowest BCUT2D eigenvalue weighted by Crippen LogP contribution is -2.32. The predicted molar refractivity (Wildman–Crippen MR) is 94.3 cm³/mol. The Labute approximate surface area is 140 Å². The number of hydrogen-bond acceptors (Lipinski definition) is 2. The van der Waals surface area contributed by atoms with Crippen LogP contribution in [0.5, 0.6) is 0 Å². The number of halogens is 1. The summed E-state index contributed by atoms with van der Waals surface area (Å²) < 4.78 is 0. The highest BCUT2D eigenvalue weighted by atomic mass is 35.5. The Bertz CT molecular complexity index is 418. The zero-order chi connectivity index (χ0) is 14.9. The molecule has 1 saturated carbocycles. The lowest BCUT2D eigenvalue weighted by Gasteiger charge is -2.27. The van der Waals surface area contributed by atoms with Crippen molar-refractivity contribution in [1.29, 1.82) is 0 Å². The van der Waals surface area contributed by atoms with Gasteiger partial charge in [0.05, 0.1) is 6.04 Å². The minimum absolute atomic E-state index is 0. The van der Waals surface area contributed by atoms with E-state index in [1.807, 2.05) is 13.1 Å². The first kappa shape index (κ1) is 19.0. The Hall–Kier alpha value is -1.06. The van der Waals surface area contributed by atoms with E-state index < -0.39 is 0 Å². The molecule has 1 aliphatic rings. The monoisotopic (exact) mass is 324 g/mol. The summed E-state index contributed by atoms with van der Waals surface area (Å²) in [5.41, 5.74) is 1.24. The van der Waals surface area contributed by atoms with Gasteiger partial charge < -0.3 is 10.6 Å². The molecular weight excluding hydrogens is 296 g/mol. The second-order valence-corrected chi connectivity index (χ2v) is 6.12. The predicted octanol–water partition coefficient (Wildman–Crippen LogP) is 3.85. The Kier molecular flexibility index (Phi) is 9.17. The topological polar surface area (TPSA) is 41.1 Å². The maximum Gasteiger partial charge on any atom is 0.221 e. The van der Waals surface area contributed by atoms with Crippen molar-refractivity contribution in [1.82, 2.24) is 10.6 Å². The first-order chi connectivity index (χ1) is 10.3. The molecule has 0 bridgehead atoms. The van der Waals surface area contributed by atoms with E-state index in [1.54, 1.807) is 0 Å². The SMILES string of the molecule is CNCCC(=O)NC(CC1CCCCC1)c1ccccc1.Cl. The average molecular weight is 325 g/mol. The van der Waals surface area contributed by atoms with Gasteiger partial charge in [0.1, 0.15) is 0 Å². The van der Waals surface area contributed by atoms with Gasteiger partial charge in [0.2, 0.25) is 5.91 Å². The van der Waals surface area contributed by atoms with Gasteiger partial charge in [-0.05, 0) is 24.9 Å². The molecule has 1 aromatic rings. The first-order valence-electron chi connectivity index (χ1n) is 8.28. The number of carbonyl (C=O) groups excluding carboxylic acids is 1. The number of rotatable bonds is 7. The van der Waals surface area contributed by atoms with E-state index in [1.165, 1.54) is 37.7 Å². The zero-order valence-electron chi connectivity index (χ0n) is 13.5. The summed E-state index contributed by atoms with van der Waals surface area (Å²) in [5.74, 6) is 0.905. The Morgan fingerprint density at radius 2 is 1.86 bits per heavy atom. The largest absolute Gasteiger partial charge is 0.349 e. The van der Waals surface area contributed by atoms with E-state index in [4.69, 9.17) is 0 Å². The second kappa shape index (κ2) is 10.6. The normalized spacial score (nSPS) is 16.6. The smallest absolute Gasteiger partial charge is 0.221 e. The summed E-state index contributed by atoms with van der Waals surface area (Å²) in [6.45, 7) is 0.733. The summed E-state index contributed by atoms with van der Waals surface area (Å²) in [5, 5.41) is 6.27. The molecule has 1 fully saturated rings. The molecule has 124 valence electrons. The lowest BCUT2D eigenvalue weighted by molar-refractivity contribution is -0.121. The van der Waals surface area contributed by atoms with Crippen LogP contribution in [0.15, 0.2) is 30.3 Å². The minimum Gasteiger partial charge on any atom is -0.349 e. The summed E-state index contributed by atoms with van der Waals surface area (Å²) in [4.78, 5) is 12.1. The average Bonchev–Trinajstić information content (AvgIpc) is 2.54. The second-order valence-electron chi connectivity index (χ2n) is 6.12. The van der Waals surface area contributed by atoms with Crippen LogP contribution in [-0.2, 0) is 4.79 Å².